The van der Waals surface area contributed by atoms with Crippen LogP contribution in [0.25, 0.3) is 0 Å². The summed E-state index contributed by atoms with van der Waals surface area (Å²) in [5.41, 5.74) is 0. The summed E-state index contributed by atoms with van der Waals surface area (Å²) < 4.78 is 39.4. The molecule has 1 fully saturated rings. The number of guanidine groups is 1. The molecule has 0 spiro atoms. The summed E-state index contributed by atoms with van der Waals surface area (Å²) in [4.78, 5) is 4.86. The molecule has 0 radical (unpaired) electrons. The number of nitrogens with zero attached hydrogens (tertiary/aromatic N) is 2. The second-order valence-electron chi connectivity index (χ2n) is 6.41. The summed E-state index contributed by atoms with van der Waals surface area (Å²) in [5, 5.41) is 6.59. The van der Waals surface area contributed by atoms with Crippen LogP contribution in [-0.2, 0) is 10.0 Å². The Morgan fingerprint density at radius 2 is 2.00 bits per heavy atom. The maximum absolute atomic E-state index is 13.6. The van der Waals surface area contributed by atoms with E-state index in [0.717, 1.165) is 18.6 Å². The summed E-state index contributed by atoms with van der Waals surface area (Å²) >= 11 is 1.46. The van der Waals surface area contributed by atoms with Gasteiger partial charge in [-0.15, -0.1) is 35.7 Å². The van der Waals surface area contributed by atoms with Gasteiger partial charge in [-0.3, -0.25) is 4.99 Å². The second-order valence-corrected chi connectivity index (χ2v) is 9.64. The molecule has 0 atom stereocenters. The molecule has 1 heterocycles. The fourth-order valence-corrected chi connectivity index (χ4v) is 5.29. The first-order valence-corrected chi connectivity index (χ1v) is 11.9. The number of sulfonamides is 1. The molecule has 1 saturated heterocycles. The van der Waals surface area contributed by atoms with E-state index in [1.54, 1.807) is 23.5 Å². The summed E-state index contributed by atoms with van der Waals surface area (Å²) in [6.07, 6.45) is 2.16. The third-order valence-electron chi connectivity index (χ3n) is 4.36. The van der Waals surface area contributed by atoms with Gasteiger partial charge < -0.3 is 10.6 Å². The van der Waals surface area contributed by atoms with E-state index >= 15 is 0 Å². The van der Waals surface area contributed by atoms with Gasteiger partial charge in [0, 0.05) is 43.4 Å². The molecule has 0 saturated carbocycles. The molecule has 0 bridgehead atoms. The predicted octanol–water partition coefficient (Wildman–Crippen LogP) is 2.91. The fraction of sp³-hybridized carbons (Fsp3) is 0.611. The summed E-state index contributed by atoms with van der Waals surface area (Å²) in [5.74, 6) is 1.43. The lowest BCUT2D eigenvalue weighted by molar-refractivity contribution is 0.306. The van der Waals surface area contributed by atoms with Crippen LogP contribution in [0.3, 0.4) is 0 Å². The van der Waals surface area contributed by atoms with E-state index in [1.807, 2.05) is 13.0 Å². The Labute approximate surface area is 189 Å². The van der Waals surface area contributed by atoms with Crippen molar-refractivity contribution >= 4 is 51.7 Å². The minimum atomic E-state index is -3.11. The maximum Gasteiger partial charge on any atom is 0.214 e. The Morgan fingerprint density at radius 3 is 2.61 bits per heavy atom. The Morgan fingerprint density at radius 1 is 1.32 bits per heavy atom. The number of hydrogen-bond donors (Lipinski definition) is 2. The molecule has 28 heavy (non-hydrogen) atoms. The summed E-state index contributed by atoms with van der Waals surface area (Å²) in [6.45, 7) is 3.62. The van der Waals surface area contributed by atoms with Crippen molar-refractivity contribution in [2.24, 2.45) is 4.99 Å². The molecule has 0 unspecified atom stereocenters. The second kappa shape index (κ2) is 12.9. The maximum atomic E-state index is 13.6. The average molecular weight is 545 g/mol. The molecule has 10 heteroatoms. The summed E-state index contributed by atoms with van der Waals surface area (Å²) in [6, 6.07) is 6.94. The van der Waals surface area contributed by atoms with Crippen molar-refractivity contribution in [1.29, 1.82) is 0 Å². The molecule has 1 aromatic carbocycles. The van der Waals surface area contributed by atoms with Crippen molar-refractivity contribution in [2.75, 3.05) is 38.2 Å². The van der Waals surface area contributed by atoms with Crippen LogP contribution in [-0.4, -0.2) is 62.9 Å². The van der Waals surface area contributed by atoms with E-state index in [2.05, 4.69) is 15.6 Å². The first-order valence-electron chi connectivity index (χ1n) is 9.28. The molecule has 1 aliphatic rings. The van der Waals surface area contributed by atoms with Crippen molar-refractivity contribution < 1.29 is 12.8 Å². The zero-order valence-electron chi connectivity index (χ0n) is 16.4. The highest BCUT2D eigenvalue weighted by molar-refractivity contribution is 14.0. The first-order chi connectivity index (χ1) is 13.0. The van der Waals surface area contributed by atoms with Crippen molar-refractivity contribution in [3.05, 3.63) is 30.1 Å². The molecule has 2 N–H and O–H groups in total. The molecule has 2 rings (SSSR count). The van der Waals surface area contributed by atoms with Crippen LogP contribution >= 0.6 is 35.7 Å². The molecular weight excluding hydrogens is 514 g/mol. The number of aliphatic imine (C=N–C) groups is 1. The third-order valence-corrected chi connectivity index (χ3v) is 7.49. The first kappa shape index (κ1) is 25.4. The van der Waals surface area contributed by atoms with Crippen LogP contribution in [0.5, 0.6) is 0 Å². The summed E-state index contributed by atoms with van der Waals surface area (Å²) in [7, 11) is -1.40. The standard InChI is InChI=1S/C18H29FN4O2S2.HI/c1-3-14-27(24,25)23-11-8-15(9-12-23)22-18(20-2)21-10-13-26-17-7-5-4-6-16(17)19;/h4-7,15H,3,8-14H2,1-2H3,(H2,20,21,22);1H. The van der Waals surface area contributed by atoms with Gasteiger partial charge in [-0.05, 0) is 31.4 Å². The van der Waals surface area contributed by atoms with Crippen LogP contribution in [0.1, 0.15) is 26.2 Å². The largest absolute Gasteiger partial charge is 0.356 e. The monoisotopic (exact) mass is 544 g/mol. The fourth-order valence-electron chi connectivity index (χ4n) is 2.95. The van der Waals surface area contributed by atoms with Gasteiger partial charge >= 0.3 is 0 Å². The van der Waals surface area contributed by atoms with Crippen LogP contribution in [0.2, 0.25) is 0 Å². The van der Waals surface area contributed by atoms with Crippen LogP contribution < -0.4 is 10.6 Å². The molecule has 1 aromatic rings. The molecule has 0 aliphatic carbocycles. The minimum absolute atomic E-state index is 0. The average Bonchev–Trinajstić information content (AvgIpc) is 2.66. The van der Waals surface area contributed by atoms with Crippen LogP contribution in [0, 0.1) is 5.82 Å². The molecule has 6 nitrogen and oxygen atoms in total. The molecule has 160 valence electrons. The van der Waals surface area contributed by atoms with E-state index < -0.39 is 10.0 Å². The number of hydrogen-bond acceptors (Lipinski definition) is 4. The lowest BCUT2D eigenvalue weighted by Gasteiger charge is -2.32. The van der Waals surface area contributed by atoms with Crippen LogP contribution in [0.15, 0.2) is 34.2 Å². The van der Waals surface area contributed by atoms with E-state index in [-0.39, 0.29) is 41.6 Å². The molecule has 0 aromatic heterocycles. The Hall–Kier alpha value is -0.590. The van der Waals surface area contributed by atoms with E-state index in [1.165, 1.54) is 17.8 Å². The Balaban J connectivity index is 0.00000392. The molecule has 0 amide bonds. The molecule has 1 aliphatic heterocycles. The van der Waals surface area contributed by atoms with Gasteiger partial charge in [0.1, 0.15) is 5.82 Å². The van der Waals surface area contributed by atoms with Crippen LogP contribution in [0.4, 0.5) is 4.39 Å². The van der Waals surface area contributed by atoms with E-state index in [4.69, 9.17) is 0 Å². The SMILES string of the molecule is CCCS(=O)(=O)N1CCC(NC(=NC)NCCSc2ccccc2F)CC1.I. The number of benzene rings is 1. The van der Waals surface area contributed by atoms with E-state index in [9.17, 15) is 12.8 Å². The van der Waals surface area contributed by atoms with Crippen molar-refractivity contribution in [3.63, 3.8) is 0 Å². The van der Waals surface area contributed by atoms with E-state index in [0.29, 0.717) is 36.9 Å². The van der Waals surface area contributed by atoms with Gasteiger partial charge in [0.2, 0.25) is 10.0 Å². The number of nitrogens with one attached hydrogen (secondary N) is 2. The van der Waals surface area contributed by atoms with Gasteiger partial charge in [-0.2, -0.15) is 0 Å². The zero-order valence-corrected chi connectivity index (χ0v) is 20.3. The van der Waals surface area contributed by atoms with Gasteiger partial charge in [-0.25, -0.2) is 17.1 Å². The normalized spacial score (nSPS) is 16.5. The highest BCUT2D eigenvalue weighted by Crippen LogP contribution is 2.20. The third kappa shape index (κ3) is 8.03. The quantitative estimate of drug-likeness (QED) is 0.173. The highest BCUT2D eigenvalue weighted by Gasteiger charge is 2.27. The van der Waals surface area contributed by atoms with Gasteiger partial charge in [0.15, 0.2) is 5.96 Å². The smallest absolute Gasteiger partial charge is 0.214 e. The lowest BCUT2D eigenvalue weighted by atomic mass is 10.1. The zero-order chi connectivity index (χ0) is 19.7. The topological polar surface area (TPSA) is 73.8 Å². The number of thioether (sulfide) groups is 1. The minimum Gasteiger partial charge on any atom is -0.356 e. The van der Waals surface area contributed by atoms with Crippen molar-refractivity contribution in [2.45, 2.75) is 37.1 Å². The number of piperidine rings is 1. The van der Waals surface area contributed by atoms with Gasteiger partial charge in [0.25, 0.3) is 0 Å². The van der Waals surface area contributed by atoms with Gasteiger partial charge in [0.05, 0.1) is 5.75 Å². The Bertz CT molecular complexity index is 726. The van der Waals surface area contributed by atoms with Gasteiger partial charge in [-0.1, -0.05) is 19.1 Å². The lowest BCUT2D eigenvalue weighted by Crippen LogP contribution is -2.50. The van der Waals surface area contributed by atoms with Crippen molar-refractivity contribution in [1.82, 2.24) is 14.9 Å². The van der Waals surface area contributed by atoms with Crippen molar-refractivity contribution in [3.8, 4) is 0 Å². The Kier molecular flexibility index (Phi) is 11.7. The molecular formula is C18H30FIN4O2S2. The predicted molar refractivity (Wildman–Crippen MR) is 126 cm³/mol. The number of halogens is 2. The number of rotatable bonds is 8. The highest BCUT2D eigenvalue weighted by atomic mass is 127.